The summed E-state index contributed by atoms with van der Waals surface area (Å²) in [6.45, 7) is 2.05. The van der Waals surface area contributed by atoms with E-state index in [1.807, 2.05) is 48.5 Å². The van der Waals surface area contributed by atoms with Gasteiger partial charge in [0.05, 0.1) is 13.7 Å². The van der Waals surface area contributed by atoms with Crippen molar-refractivity contribution in [1.82, 2.24) is 0 Å². The molecule has 0 radical (unpaired) electrons. The largest absolute Gasteiger partial charge is 0.497 e. The zero-order chi connectivity index (χ0) is 15.1. The number of ether oxygens (including phenoxy) is 3. The highest BCUT2D eigenvalue weighted by Crippen LogP contribution is 2.24. The molecule has 2 aromatic carbocycles. The molecule has 0 fully saturated rings. The van der Waals surface area contributed by atoms with Gasteiger partial charge in [0.25, 0.3) is 0 Å². The highest BCUT2D eigenvalue weighted by molar-refractivity contribution is 5.71. The van der Waals surface area contributed by atoms with Crippen LogP contribution in [0.3, 0.4) is 0 Å². The molecule has 2 rings (SSSR count). The highest BCUT2D eigenvalue weighted by atomic mass is 16.6. The molecule has 0 saturated heterocycles. The van der Waals surface area contributed by atoms with Crippen molar-refractivity contribution in [3.8, 4) is 22.6 Å². The lowest BCUT2D eigenvalue weighted by molar-refractivity contribution is -0.145. The predicted octanol–water partition coefficient (Wildman–Crippen LogP) is 3.30. The first-order valence-corrected chi connectivity index (χ1v) is 6.76. The lowest BCUT2D eigenvalue weighted by Gasteiger charge is -2.07. The number of esters is 1. The van der Waals surface area contributed by atoms with E-state index in [0.717, 1.165) is 16.9 Å². The molecule has 110 valence electrons. The second kappa shape index (κ2) is 7.33. The third-order valence-electron chi connectivity index (χ3n) is 2.94. The van der Waals surface area contributed by atoms with Crippen molar-refractivity contribution in [2.75, 3.05) is 20.3 Å². The van der Waals surface area contributed by atoms with E-state index >= 15 is 0 Å². The van der Waals surface area contributed by atoms with Gasteiger partial charge in [-0.05, 0) is 42.3 Å². The molecule has 0 aliphatic carbocycles. The molecule has 0 saturated carbocycles. The van der Waals surface area contributed by atoms with Crippen molar-refractivity contribution < 1.29 is 19.0 Å². The Bertz CT molecular complexity index is 573. The van der Waals surface area contributed by atoms with Crippen molar-refractivity contribution in [2.45, 2.75) is 6.92 Å². The van der Waals surface area contributed by atoms with Gasteiger partial charge >= 0.3 is 5.97 Å². The van der Waals surface area contributed by atoms with E-state index in [9.17, 15) is 4.79 Å². The summed E-state index contributed by atoms with van der Waals surface area (Å²) in [7, 11) is 1.64. The van der Waals surface area contributed by atoms with Gasteiger partial charge in [0.2, 0.25) is 0 Å². The average molecular weight is 286 g/mol. The van der Waals surface area contributed by atoms with Crippen LogP contribution < -0.4 is 9.47 Å². The van der Waals surface area contributed by atoms with E-state index in [0.29, 0.717) is 12.4 Å². The fourth-order valence-electron chi connectivity index (χ4n) is 1.87. The minimum atomic E-state index is -0.364. The molecule has 0 spiro atoms. The fraction of sp³-hybridized carbons (Fsp3) is 0.235. The Balaban J connectivity index is 1.99. The van der Waals surface area contributed by atoms with Crippen LogP contribution in [-0.2, 0) is 9.53 Å². The third-order valence-corrected chi connectivity index (χ3v) is 2.94. The smallest absolute Gasteiger partial charge is 0.344 e. The van der Waals surface area contributed by atoms with Crippen LogP contribution in [0.2, 0.25) is 0 Å². The topological polar surface area (TPSA) is 44.8 Å². The van der Waals surface area contributed by atoms with Crippen LogP contribution >= 0.6 is 0 Å². The Morgan fingerprint density at radius 1 is 0.905 bits per heavy atom. The number of hydrogen-bond acceptors (Lipinski definition) is 4. The summed E-state index contributed by atoms with van der Waals surface area (Å²) in [6.07, 6.45) is 0. The summed E-state index contributed by atoms with van der Waals surface area (Å²) in [5.74, 6) is 1.10. The average Bonchev–Trinajstić information content (AvgIpc) is 2.54. The van der Waals surface area contributed by atoms with Crippen LogP contribution in [0.25, 0.3) is 11.1 Å². The molecule has 0 N–H and O–H groups in total. The molecule has 2 aromatic rings. The molecular weight excluding hydrogens is 268 g/mol. The molecule has 21 heavy (non-hydrogen) atoms. The SMILES string of the molecule is CCOC(=O)COc1ccc(-c2ccc(OC)cc2)cc1. The van der Waals surface area contributed by atoms with Crippen molar-refractivity contribution >= 4 is 5.97 Å². The second-order valence-electron chi connectivity index (χ2n) is 4.35. The minimum Gasteiger partial charge on any atom is -0.497 e. The number of carbonyl (C=O) groups is 1. The molecule has 0 heterocycles. The summed E-state index contributed by atoms with van der Waals surface area (Å²) in [4.78, 5) is 11.2. The van der Waals surface area contributed by atoms with Crippen LogP contribution in [0, 0.1) is 0 Å². The van der Waals surface area contributed by atoms with Gasteiger partial charge in [-0.3, -0.25) is 0 Å². The van der Waals surface area contributed by atoms with Crippen molar-refractivity contribution in [2.24, 2.45) is 0 Å². The first kappa shape index (κ1) is 14.9. The first-order chi connectivity index (χ1) is 10.2. The van der Waals surface area contributed by atoms with Gasteiger partial charge in [0.15, 0.2) is 6.61 Å². The number of hydrogen-bond donors (Lipinski definition) is 0. The highest BCUT2D eigenvalue weighted by Gasteiger charge is 2.04. The zero-order valence-electron chi connectivity index (χ0n) is 12.2. The monoisotopic (exact) mass is 286 g/mol. The molecule has 0 aliphatic heterocycles. The van der Waals surface area contributed by atoms with Crippen LogP contribution in [0.4, 0.5) is 0 Å². The molecule has 0 amide bonds. The maximum atomic E-state index is 11.2. The predicted molar refractivity (Wildman–Crippen MR) is 80.6 cm³/mol. The number of methoxy groups -OCH3 is 1. The quantitative estimate of drug-likeness (QED) is 0.764. The molecular formula is C17H18O4. The maximum absolute atomic E-state index is 11.2. The van der Waals surface area contributed by atoms with Crippen molar-refractivity contribution in [3.63, 3.8) is 0 Å². The normalized spacial score (nSPS) is 10.0. The lowest BCUT2D eigenvalue weighted by atomic mass is 10.1. The van der Waals surface area contributed by atoms with E-state index in [1.165, 1.54) is 0 Å². The Hall–Kier alpha value is -2.49. The van der Waals surface area contributed by atoms with Gasteiger partial charge in [-0.25, -0.2) is 4.79 Å². The molecule has 0 bridgehead atoms. The van der Waals surface area contributed by atoms with Gasteiger partial charge in [0, 0.05) is 0 Å². The van der Waals surface area contributed by atoms with Gasteiger partial charge in [-0.15, -0.1) is 0 Å². The Morgan fingerprint density at radius 3 is 1.90 bits per heavy atom. The van der Waals surface area contributed by atoms with Crippen molar-refractivity contribution in [3.05, 3.63) is 48.5 Å². The molecule has 4 nitrogen and oxygen atoms in total. The van der Waals surface area contributed by atoms with Crippen LogP contribution in [-0.4, -0.2) is 26.3 Å². The minimum absolute atomic E-state index is 0.0737. The van der Waals surface area contributed by atoms with Gasteiger partial charge in [-0.1, -0.05) is 24.3 Å². The van der Waals surface area contributed by atoms with E-state index in [-0.39, 0.29) is 12.6 Å². The summed E-state index contributed by atoms with van der Waals surface area (Å²) < 4.78 is 15.3. The summed E-state index contributed by atoms with van der Waals surface area (Å²) in [5.41, 5.74) is 2.16. The third kappa shape index (κ3) is 4.24. The molecule has 0 atom stereocenters. The Labute approximate surface area is 124 Å². The second-order valence-corrected chi connectivity index (χ2v) is 4.35. The standard InChI is InChI=1S/C17H18O4/c1-3-20-17(18)12-21-16-10-6-14(7-11-16)13-4-8-15(19-2)9-5-13/h4-11H,3,12H2,1-2H3. The molecule has 0 aliphatic rings. The fourth-order valence-corrected chi connectivity index (χ4v) is 1.87. The van der Waals surface area contributed by atoms with E-state index in [2.05, 4.69) is 0 Å². The van der Waals surface area contributed by atoms with Crippen molar-refractivity contribution in [1.29, 1.82) is 0 Å². The Morgan fingerprint density at radius 2 is 1.43 bits per heavy atom. The van der Waals surface area contributed by atoms with Gasteiger partial charge < -0.3 is 14.2 Å². The van der Waals surface area contributed by atoms with Gasteiger partial charge in [-0.2, -0.15) is 0 Å². The van der Waals surface area contributed by atoms with Gasteiger partial charge in [0.1, 0.15) is 11.5 Å². The zero-order valence-corrected chi connectivity index (χ0v) is 12.2. The maximum Gasteiger partial charge on any atom is 0.344 e. The lowest BCUT2D eigenvalue weighted by Crippen LogP contribution is -2.14. The molecule has 4 heteroatoms. The first-order valence-electron chi connectivity index (χ1n) is 6.76. The van der Waals surface area contributed by atoms with E-state index in [4.69, 9.17) is 14.2 Å². The van der Waals surface area contributed by atoms with E-state index in [1.54, 1.807) is 14.0 Å². The summed E-state index contributed by atoms with van der Waals surface area (Å²) in [5, 5.41) is 0. The number of carbonyl (C=O) groups excluding carboxylic acids is 1. The van der Waals surface area contributed by atoms with Crippen LogP contribution in [0.1, 0.15) is 6.92 Å². The summed E-state index contributed by atoms with van der Waals surface area (Å²) in [6, 6.07) is 15.4. The van der Waals surface area contributed by atoms with Crippen LogP contribution in [0.5, 0.6) is 11.5 Å². The Kier molecular flexibility index (Phi) is 5.21. The van der Waals surface area contributed by atoms with Crippen LogP contribution in [0.15, 0.2) is 48.5 Å². The number of rotatable bonds is 6. The molecule has 0 unspecified atom stereocenters. The molecule has 0 aromatic heterocycles. The summed E-state index contributed by atoms with van der Waals surface area (Å²) >= 11 is 0. The number of benzene rings is 2. The van der Waals surface area contributed by atoms with E-state index < -0.39 is 0 Å².